The smallest absolute Gasteiger partial charge is 0.253 e. The molecule has 1 saturated heterocycles. The number of likely N-dealkylation sites (tertiary alicyclic amines) is 1. The average molecular weight is 419 g/mol. The first-order valence-corrected chi connectivity index (χ1v) is 10.3. The number of anilines is 1. The highest BCUT2D eigenvalue weighted by Gasteiger charge is 2.46. The lowest BCUT2D eigenvalue weighted by molar-refractivity contribution is -0.123. The Balaban J connectivity index is 1.36. The van der Waals surface area contributed by atoms with Crippen LogP contribution in [0.1, 0.15) is 35.2 Å². The first kappa shape index (κ1) is 19.4. The number of hydrogen-bond donors (Lipinski definition) is 0. The Bertz CT molecular complexity index is 1120. The zero-order valence-electron chi connectivity index (χ0n) is 16.9. The number of carbonyl (C=O) groups is 2. The third-order valence-electron chi connectivity index (χ3n) is 6.27. The van der Waals surface area contributed by atoms with Gasteiger partial charge in [-0.3, -0.25) is 19.5 Å². The molecule has 31 heavy (non-hydrogen) atoms. The van der Waals surface area contributed by atoms with E-state index in [1.807, 2.05) is 22.9 Å². The lowest BCUT2D eigenvalue weighted by atomic mass is 9.82. The van der Waals surface area contributed by atoms with Gasteiger partial charge in [-0.2, -0.15) is 5.10 Å². The number of amides is 2. The molecule has 2 aliphatic heterocycles. The molecule has 0 radical (unpaired) electrons. The number of piperidine rings is 1. The standard InChI is InChI=1S/C23H22FN5O2/c24-19-3-1-2-18(14-19)22(31)27-12-7-23(8-13-27)15-21(30)28(20-6-11-26-29(20)23)16-17-4-9-25-10-5-17/h1-6,9-11,14H,7-8,12-13,15-16H2. The zero-order valence-corrected chi connectivity index (χ0v) is 16.9. The van der Waals surface area contributed by atoms with Gasteiger partial charge in [-0.25, -0.2) is 9.07 Å². The van der Waals surface area contributed by atoms with Gasteiger partial charge in [0.25, 0.3) is 5.91 Å². The Morgan fingerprint density at radius 2 is 1.84 bits per heavy atom. The third kappa shape index (κ3) is 3.48. The van der Waals surface area contributed by atoms with E-state index in [-0.39, 0.29) is 11.8 Å². The van der Waals surface area contributed by atoms with Crippen LogP contribution in [0.2, 0.25) is 0 Å². The van der Waals surface area contributed by atoms with Crippen molar-refractivity contribution in [2.24, 2.45) is 0 Å². The van der Waals surface area contributed by atoms with Crippen LogP contribution in [-0.2, 0) is 16.9 Å². The normalized spacial score (nSPS) is 17.6. The molecule has 2 aromatic heterocycles. The molecule has 0 aliphatic carbocycles. The maximum Gasteiger partial charge on any atom is 0.253 e. The van der Waals surface area contributed by atoms with Crippen molar-refractivity contribution in [3.63, 3.8) is 0 Å². The molecule has 0 saturated carbocycles. The van der Waals surface area contributed by atoms with E-state index in [2.05, 4.69) is 10.1 Å². The summed E-state index contributed by atoms with van der Waals surface area (Å²) in [5.41, 5.74) is 0.908. The van der Waals surface area contributed by atoms with Crippen LogP contribution in [0, 0.1) is 5.82 Å². The molecule has 0 bridgehead atoms. The van der Waals surface area contributed by atoms with E-state index in [4.69, 9.17) is 0 Å². The fraction of sp³-hybridized carbons (Fsp3) is 0.304. The Hall–Kier alpha value is -3.55. The second kappa shape index (κ2) is 7.61. The molecule has 1 aromatic carbocycles. The Morgan fingerprint density at radius 1 is 1.06 bits per heavy atom. The monoisotopic (exact) mass is 419 g/mol. The van der Waals surface area contributed by atoms with Gasteiger partial charge in [-0.1, -0.05) is 6.07 Å². The quantitative estimate of drug-likeness (QED) is 0.654. The first-order chi connectivity index (χ1) is 15.1. The number of pyridine rings is 1. The van der Waals surface area contributed by atoms with Gasteiger partial charge in [0.15, 0.2) is 0 Å². The van der Waals surface area contributed by atoms with Crippen molar-refractivity contribution >= 4 is 17.6 Å². The highest BCUT2D eigenvalue weighted by Crippen LogP contribution is 2.41. The molecule has 2 amide bonds. The van der Waals surface area contributed by atoms with Crippen LogP contribution in [-0.4, -0.2) is 44.6 Å². The van der Waals surface area contributed by atoms with Gasteiger partial charge in [0, 0.05) is 37.1 Å². The number of rotatable bonds is 3. The zero-order chi connectivity index (χ0) is 21.4. The van der Waals surface area contributed by atoms with E-state index >= 15 is 0 Å². The fourth-order valence-corrected chi connectivity index (χ4v) is 4.60. The van der Waals surface area contributed by atoms with Crippen molar-refractivity contribution in [3.8, 4) is 0 Å². The number of benzene rings is 1. The van der Waals surface area contributed by atoms with Crippen LogP contribution in [0.25, 0.3) is 0 Å². The molecule has 2 aliphatic rings. The number of aromatic nitrogens is 3. The Kier molecular flexibility index (Phi) is 4.77. The van der Waals surface area contributed by atoms with Gasteiger partial charge in [-0.05, 0) is 48.7 Å². The molecule has 5 rings (SSSR count). The fourth-order valence-electron chi connectivity index (χ4n) is 4.60. The summed E-state index contributed by atoms with van der Waals surface area (Å²) in [6, 6.07) is 11.4. The molecule has 0 N–H and O–H groups in total. The molecule has 1 fully saturated rings. The van der Waals surface area contributed by atoms with Gasteiger partial charge in [0.2, 0.25) is 5.91 Å². The molecule has 1 spiro atoms. The summed E-state index contributed by atoms with van der Waals surface area (Å²) < 4.78 is 15.5. The van der Waals surface area contributed by atoms with Crippen LogP contribution in [0.4, 0.5) is 10.2 Å². The largest absolute Gasteiger partial charge is 0.338 e. The number of nitrogens with zero attached hydrogens (tertiary/aromatic N) is 5. The van der Waals surface area contributed by atoms with Crippen LogP contribution < -0.4 is 4.90 Å². The minimum Gasteiger partial charge on any atom is -0.338 e. The van der Waals surface area contributed by atoms with Gasteiger partial charge >= 0.3 is 0 Å². The van der Waals surface area contributed by atoms with Crippen molar-refractivity contribution in [1.29, 1.82) is 0 Å². The molecular formula is C23H22FN5O2. The van der Waals surface area contributed by atoms with Gasteiger partial charge < -0.3 is 4.90 Å². The SMILES string of the molecule is O=C(c1cccc(F)c1)N1CCC2(CC1)CC(=O)N(Cc1ccncc1)c1ccnn12. The van der Waals surface area contributed by atoms with E-state index in [1.165, 1.54) is 12.1 Å². The Morgan fingerprint density at radius 3 is 2.58 bits per heavy atom. The van der Waals surface area contributed by atoms with Crippen LogP contribution in [0.3, 0.4) is 0 Å². The van der Waals surface area contributed by atoms with E-state index in [1.54, 1.807) is 40.5 Å². The topological polar surface area (TPSA) is 71.3 Å². The summed E-state index contributed by atoms with van der Waals surface area (Å²) >= 11 is 0. The summed E-state index contributed by atoms with van der Waals surface area (Å²) in [6.07, 6.45) is 6.74. The second-order valence-corrected chi connectivity index (χ2v) is 8.14. The van der Waals surface area contributed by atoms with Crippen molar-refractivity contribution in [2.75, 3.05) is 18.0 Å². The summed E-state index contributed by atoms with van der Waals surface area (Å²) in [5, 5.41) is 4.56. The van der Waals surface area contributed by atoms with Crippen molar-refractivity contribution < 1.29 is 14.0 Å². The molecule has 4 heterocycles. The summed E-state index contributed by atoms with van der Waals surface area (Å²) in [4.78, 5) is 33.5. The number of hydrogen-bond acceptors (Lipinski definition) is 4. The number of fused-ring (bicyclic) bond motifs is 2. The summed E-state index contributed by atoms with van der Waals surface area (Å²) in [6.45, 7) is 1.45. The van der Waals surface area contributed by atoms with Crippen molar-refractivity contribution in [1.82, 2.24) is 19.7 Å². The minimum absolute atomic E-state index is 0.0507. The lowest BCUT2D eigenvalue weighted by Crippen LogP contribution is -2.54. The van der Waals surface area contributed by atoms with Crippen LogP contribution in [0.15, 0.2) is 61.1 Å². The predicted molar refractivity (Wildman–Crippen MR) is 112 cm³/mol. The molecule has 158 valence electrons. The highest BCUT2D eigenvalue weighted by molar-refractivity contribution is 5.95. The number of halogens is 1. The van der Waals surface area contributed by atoms with Crippen LogP contribution >= 0.6 is 0 Å². The van der Waals surface area contributed by atoms with Crippen molar-refractivity contribution in [3.05, 3.63) is 78.0 Å². The minimum atomic E-state index is -0.441. The summed E-state index contributed by atoms with van der Waals surface area (Å²) in [7, 11) is 0. The highest BCUT2D eigenvalue weighted by atomic mass is 19.1. The third-order valence-corrected chi connectivity index (χ3v) is 6.27. The van der Waals surface area contributed by atoms with E-state index in [0.29, 0.717) is 44.5 Å². The van der Waals surface area contributed by atoms with Gasteiger partial charge in [0.1, 0.15) is 11.6 Å². The van der Waals surface area contributed by atoms with E-state index in [9.17, 15) is 14.0 Å². The van der Waals surface area contributed by atoms with Gasteiger partial charge in [-0.15, -0.1) is 0 Å². The first-order valence-electron chi connectivity index (χ1n) is 10.3. The predicted octanol–water partition coefficient (Wildman–Crippen LogP) is 2.99. The molecular weight excluding hydrogens is 397 g/mol. The second-order valence-electron chi connectivity index (χ2n) is 8.14. The lowest BCUT2D eigenvalue weighted by Gasteiger charge is -2.46. The molecule has 7 nitrogen and oxygen atoms in total. The van der Waals surface area contributed by atoms with E-state index in [0.717, 1.165) is 11.4 Å². The molecule has 8 heteroatoms. The van der Waals surface area contributed by atoms with Gasteiger partial charge in [0.05, 0.1) is 24.7 Å². The summed E-state index contributed by atoms with van der Waals surface area (Å²) in [5.74, 6) is 0.219. The Labute approximate surface area is 179 Å². The maximum absolute atomic E-state index is 13.5. The molecule has 0 unspecified atom stereocenters. The number of carbonyl (C=O) groups excluding carboxylic acids is 2. The van der Waals surface area contributed by atoms with E-state index < -0.39 is 11.4 Å². The average Bonchev–Trinajstić information content (AvgIpc) is 3.28. The van der Waals surface area contributed by atoms with Crippen molar-refractivity contribution in [2.45, 2.75) is 31.3 Å². The maximum atomic E-state index is 13.5. The molecule has 3 aromatic rings. The molecule has 0 atom stereocenters. The van der Waals surface area contributed by atoms with Crippen LogP contribution in [0.5, 0.6) is 0 Å².